The quantitative estimate of drug-likeness (QED) is 0.284. The van der Waals surface area contributed by atoms with E-state index in [0.29, 0.717) is 57.3 Å². The van der Waals surface area contributed by atoms with E-state index in [-0.39, 0.29) is 0 Å². The van der Waals surface area contributed by atoms with E-state index in [4.69, 9.17) is 13.6 Å². The van der Waals surface area contributed by atoms with E-state index in [9.17, 15) is 0 Å². The Kier molecular flexibility index (Phi) is 4.08. The van der Waals surface area contributed by atoms with Crippen LogP contribution in [0.5, 0.6) is 0 Å². The van der Waals surface area contributed by atoms with Gasteiger partial charge in [0.25, 0.3) is 0 Å². The average molecular weight is 468 g/mol. The first-order valence-corrected chi connectivity index (χ1v) is 10.4. The van der Waals surface area contributed by atoms with Crippen LogP contribution in [0.4, 0.5) is 0 Å². The highest BCUT2D eigenvalue weighted by molar-refractivity contribution is 5.84. The van der Waals surface area contributed by atoms with Gasteiger partial charge in [-0.2, -0.15) is 0 Å². The molecule has 0 bridgehead atoms. The van der Waals surface area contributed by atoms with Crippen LogP contribution in [0.25, 0.3) is 68.7 Å². The Morgan fingerprint density at radius 1 is 0.743 bits per heavy atom. The van der Waals surface area contributed by atoms with Crippen molar-refractivity contribution >= 4 is 0 Å². The van der Waals surface area contributed by atoms with Gasteiger partial charge in [-0.3, -0.25) is 0 Å². The van der Waals surface area contributed by atoms with E-state index in [2.05, 4.69) is 55.3 Å². The minimum atomic E-state index is 0.462. The molecule has 0 fully saturated rings. The molecule has 0 spiro atoms. The van der Waals surface area contributed by atoms with Crippen LogP contribution in [-0.4, -0.2) is 50.4 Å². The molecule has 5 N–H and O–H groups in total. The molecular weight excluding hydrogens is 454 g/mol. The number of H-pyrrole nitrogens is 5. The molecule has 0 unspecified atom stereocenters. The smallest absolute Gasteiger partial charge is 0.303 e. The molecule has 0 amide bonds. The van der Waals surface area contributed by atoms with Gasteiger partial charge in [-0.1, -0.05) is 15.5 Å². The first-order chi connectivity index (χ1) is 17.3. The normalized spacial score (nSPS) is 11.4. The second kappa shape index (κ2) is 7.51. The molecule has 7 aromatic rings. The lowest BCUT2D eigenvalue weighted by molar-refractivity contribution is -0.362. The highest BCUT2D eigenvalue weighted by Crippen LogP contribution is 2.36. The third kappa shape index (κ3) is 3.16. The Balaban J connectivity index is 1.19. The Labute approximate surface area is 193 Å². The van der Waals surface area contributed by atoms with Crippen molar-refractivity contribution in [1.29, 1.82) is 0 Å². The molecule has 0 saturated heterocycles. The molecule has 0 aliphatic heterocycles. The van der Waals surface area contributed by atoms with E-state index in [1.807, 2.05) is 6.20 Å². The van der Waals surface area contributed by atoms with Crippen molar-refractivity contribution in [3.8, 4) is 68.7 Å². The van der Waals surface area contributed by atoms with Crippen molar-refractivity contribution in [2.24, 2.45) is 0 Å². The molecule has 35 heavy (non-hydrogen) atoms. The summed E-state index contributed by atoms with van der Waals surface area (Å²) in [6.45, 7) is 0. The van der Waals surface area contributed by atoms with Crippen molar-refractivity contribution in [2.45, 2.75) is 0 Å². The van der Waals surface area contributed by atoms with Crippen LogP contribution < -0.4 is 4.98 Å². The molecule has 0 saturated carbocycles. The molecule has 14 heteroatoms. The fourth-order valence-corrected chi connectivity index (χ4v) is 3.73. The number of imidazole rings is 4. The minimum Gasteiger partial charge on any atom is -0.363 e. The molecule has 170 valence electrons. The summed E-state index contributed by atoms with van der Waals surface area (Å²) < 4.78 is 15.6. The molecule has 0 aliphatic carbocycles. The second-order valence-corrected chi connectivity index (χ2v) is 7.46. The lowest BCUT2D eigenvalue weighted by atomic mass is 10.1. The summed E-state index contributed by atoms with van der Waals surface area (Å²) in [5, 5.41) is 11.9. The zero-order chi connectivity index (χ0) is 23.2. The summed E-state index contributed by atoms with van der Waals surface area (Å²) in [6.07, 6.45) is 13.2. The molecule has 7 heterocycles. The van der Waals surface area contributed by atoms with Crippen LogP contribution in [0, 0.1) is 0 Å². The zero-order valence-electron chi connectivity index (χ0n) is 17.6. The number of hydrogen-bond donors (Lipinski definition) is 4. The summed E-state index contributed by atoms with van der Waals surface area (Å²) in [7, 11) is 0. The lowest BCUT2D eigenvalue weighted by Gasteiger charge is -1.96. The summed E-state index contributed by atoms with van der Waals surface area (Å²) in [5.74, 6) is 2.98. The van der Waals surface area contributed by atoms with Crippen LogP contribution in [0.15, 0.2) is 69.3 Å². The Morgan fingerprint density at radius 3 is 2.37 bits per heavy atom. The summed E-state index contributed by atoms with van der Waals surface area (Å²) >= 11 is 0. The maximum Gasteiger partial charge on any atom is 0.303 e. The van der Waals surface area contributed by atoms with Gasteiger partial charge in [0.05, 0.1) is 29.7 Å². The molecule has 7 rings (SSSR count). The first kappa shape index (κ1) is 19.0. The first-order valence-electron chi connectivity index (χ1n) is 10.4. The zero-order valence-corrected chi connectivity index (χ0v) is 17.6. The topological polar surface area (TPSA) is 194 Å². The van der Waals surface area contributed by atoms with Gasteiger partial charge < -0.3 is 28.5 Å². The van der Waals surface area contributed by atoms with E-state index in [0.717, 1.165) is 11.4 Å². The number of nitrogens with one attached hydrogen (secondary N) is 5. The van der Waals surface area contributed by atoms with Crippen LogP contribution >= 0.6 is 0 Å². The minimum absolute atomic E-state index is 0.462. The molecule has 0 aliphatic rings. The van der Waals surface area contributed by atoms with Crippen LogP contribution in [0.1, 0.15) is 0 Å². The van der Waals surface area contributed by atoms with E-state index >= 15 is 0 Å². The number of hydrogen-bond acceptors (Lipinski definition) is 9. The number of aromatic amines is 5. The standard InChI is InChI=1S/C21H13N11O3/c1-2-27-35-15(1)16-10(8-33-31-16)11-9-34-32-17(11)19-25-7-14(30-19)18-24-5-12(28-18)13-6-26-21(29-13)20-22-3-4-23-20/h1-9H,(H,22,23)(H,24,28)(H,25,30)(H,26,29)/p+1. The van der Waals surface area contributed by atoms with Crippen molar-refractivity contribution in [3.05, 3.63) is 55.8 Å². The van der Waals surface area contributed by atoms with Crippen molar-refractivity contribution < 1.29 is 18.6 Å². The van der Waals surface area contributed by atoms with Crippen LogP contribution in [0.3, 0.4) is 0 Å². The maximum atomic E-state index is 5.25. The fraction of sp³-hybridized carbons (Fsp3) is 0. The summed E-state index contributed by atoms with van der Waals surface area (Å²) in [6, 6.07) is 1.69. The fourth-order valence-electron chi connectivity index (χ4n) is 3.73. The lowest BCUT2D eigenvalue weighted by Crippen LogP contribution is -2.00. The van der Waals surface area contributed by atoms with Crippen molar-refractivity contribution in [3.63, 3.8) is 0 Å². The molecular formula is C21H14N11O3+. The monoisotopic (exact) mass is 468 g/mol. The van der Waals surface area contributed by atoms with Gasteiger partial charge in [0.2, 0.25) is 0 Å². The maximum absolute atomic E-state index is 5.25. The average Bonchev–Trinajstić information content (AvgIpc) is 3.72. The highest BCUT2D eigenvalue weighted by atomic mass is 16.5. The Morgan fingerprint density at radius 2 is 1.54 bits per heavy atom. The SMILES string of the molecule is c1cc(-c2nocc2-c2conc2-c2ncc(-c3[nH]c(-c4cnc(-c5ncc[nH]5)[nH]4)c[nH+]3)[nH]2)on1. The third-order valence-corrected chi connectivity index (χ3v) is 5.38. The number of nitrogens with zero attached hydrogens (tertiary/aromatic N) is 6. The van der Waals surface area contributed by atoms with Crippen LogP contribution in [-0.2, 0) is 0 Å². The van der Waals surface area contributed by atoms with Gasteiger partial charge in [0.15, 0.2) is 40.3 Å². The van der Waals surface area contributed by atoms with Gasteiger partial charge in [0.1, 0.15) is 30.1 Å². The Bertz CT molecular complexity index is 1710. The molecule has 0 radical (unpaired) electrons. The second-order valence-electron chi connectivity index (χ2n) is 7.46. The van der Waals surface area contributed by atoms with E-state index in [1.165, 1.54) is 18.7 Å². The number of aromatic nitrogens is 11. The van der Waals surface area contributed by atoms with Gasteiger partial charge in [-0.25, -0.2) is 24.9 Å². The third-order valence-electron chi connectivity index (χ3n) is 5.38. The van der Waals surface area contributed by atoms with Crippen molar-refractivity contribution in [2.75, 3.05) is 0 Å². The largest absolute Gasteiger partial charge is 0.363 e. The molecule has 7 aromatic heterocycles. The van der Waals surface area contributed by atoms with Gasteiger partial charge >= 0.3 is 5.82 Å². The predicted molar refractivity (Wildman–Crippen MR) is 117 cm³/mol. The summed E-state index contributed by atoms with van der Waals surface area (Å²) in [4.78, 5) is 29.1. The molecule has 0 aromatic carbocycles. The van der Waals surface area contributed by atoms with Gasteiger partial charge in [-0.05, 0) is 0 Å². The van der Waals surface area contributed by atoms with Gasteiger partial charge in [0, 0.05) is 18.5 Å². The molecule has 0 atom stereocenters. The van der Waals surface area contributed by atoms with E-state index < -0.39 is 0 Å². The number of rotatable bonds is 6. The molecule has 14 nitrogen and oxygen atoms in total. The van der Waals surface area contributed by atoms with E-state index in [1.54, 1.807) is 30.9 Å². The Hall–Kier alpha value is -5.53. The highest BCUT2D eigenvalue weighted by Gasteiger charge is 2.24. The summed E-state index contributed by atoms with van der Waals surface area (Å²) in [5.41, 5.74) is 4.56. The van der Waals surface area contributed by atoms with Gasteiger partial charge in [-0.15, -0.1) is 0 Å². The predicted octanol–water partition coefficient (Wildman–Crippen LogP) is 2.96. The van der Waals surface area contributed by atoms with Crippen LogP contribution in [0.2, 0.25) is 0 Å². The van der Waals surface area contributed by atoms with Crippen molar-refractivity contribution in [1.82, 2.24) is 50.4 Å².